The molecule has 0 N–H and O–H groups in total. The molecule has 0 aliphatic carbocycles. The first-order valence-corrected chi connectivity index (χ1v) is 8.05. The second kappa shape index (κ2) is 7.32. The number of nitrogens with zero attached hydrogens (tertiary/aromatic N) is 1. The molecule has 122 valence electrons. The fourth-order valence-corrected chi connectivity index (χ4v) is 2.29. The van der Waals surface area contributed by atoms with Crippen LogP contribution in [-0.2, 0) is 9.53 Å². The Hall–Kier alpha value is -2.59. The van der Waals surface area contributed by atoms with Crippen LogP contribution >= 0.6 is 11.6 Å². The second-order valence-electron chi connectivity index (χ2n) is 5.26. The molecule has 1 heterocycles. The lowest BCUT2D eigenvalue weighted by molar-refractivity contribution is -0.129. The standard InChI is InChI=1S/C19H16ClNO3/c1-2-11-23-16-9-3-13(4-10-16)12-17-19(22)24-18(21-17)14-5-7-15(20)8-6-14/h3-10,12H,2,11H2,1H3/b17-12+. The lowest BCUT2D eigenvalue weighted by Gasteiger charge is -2.04. The fourth-order valence-electron chi connectivity index (χ4n) is 2.16. The van der Waals surface area contributed by atoms with E-state index >= 15 is 0 Å². The van der Waals surface area contributed by atoms with Crippen molar-refractivity contribution in [2.24, 2.45) is 4.99 Å². The summed E-state index contributed by atoms with van der Waals surface area (Å²) in [5.41, 5.74) is 1.83. The molecule has 1 aliphatic heterocycles. The summed E-state index contributed by atoms with van der Waals surface area (Å²) < 4.78 is 10.8. The van der Waals surface area contributed by atoms with E-state index in [9.17, 15) is 4.79 Å². The van der Waals surface area contributed by atoms with Crippen LogP contribution in [-0.4, -0.2) is 18.5 Å². The molecule has 0 spiro atoms. The molecule has 1 aliphatic rings. The smallest absolute Gasteiger partial charge is 0.363 e. The Morgan fingerprint density at radius 3 is 2.50 bits per heavy atom. The quantitative estimate of drug-likeness (QED) is 0.595. The van der Waals surface area contributed by atoms with E-state index in [1.165, 1.54) is 0 Å². The fraction of sp³-hybridized carbons (Fsp3) is 0.158. The van der Waals surface area contributed by atoms with Crippen LogP contribution in [0, 0.1) is 0 Å². The highest BCUT2D eigenvalue weighted by Crippen LogP contribution is 2.21. The first-order chi connectivity index (χ1) is 11.7. The molecule has 0 radical (unpaired) electrons. The number of cyclic esters (lactones) is 1. The summed E-state index contributed by atoms with van der Waals surface area (Å²) in [5, 5.41) is 0.616. The lowest BCUT2D eigenvalue weighted by Crippen LogP contribution is -2.05. The third-order valence-electron chi connectivity index (χ3n) is 3.37. The van der Waals surface area contributed by atoms with Gasteiger partial charge in [-0.2, -0.15) is 0 Å². The summed E-state index contributed by atoms with van der Waals surface area (Å²) in [6.45, 7) is 2.74. The number of rotatable bonds is 5. The highest BCUT2D eigenvalue weighted by molar-refractivity contribution is 6.30. The van der Waals surface area contributed by atoms with Crippen LogP contribution < -0.4 is 4.74 Å². The summed E-state index contributed by atoms with van der Waals surface area (Å²) in [4.78, 5) is 16.2. The van der Waals surface area contributed by atoms with Crippen LogP contribution in [0.25, 0.3) is 6.08 Å². The number of benzene rings is 2. The zero-order valence-corrected chi connectivity index (χ0v) is 13.9. The Labute approximate surface area is 145 Å². The van der Waals surface area contributed by atoms with E-state index in [1.807, 2.05) is 24.3 Å². The average molecular weight is 342 g/mol. The monoisotopic (exact) mass is 341 g/mol. The number of carbonyl (C=O) groups excluding carboxylic acids is 1. The van der Waals surface area contributed by atoms with Crippen molar-refractivity contribution in [2.45, 2.75) is 13.3 Å². The van der Waals surface area contributed by atoms with E-state index in [1.54, 1.807) is 30.3 Å². The van der Waals surface area contributed by atoms with Gasteiger partial charge < -0.3 is 9.47 Å². The predicted molar refractivity (Wildman–Crippen MR) is 94.3 cm³/mol. The Morgan fingerprint density at radius 2 is 1.83 bits per heavy atom. The van der Waals surface area contributed by atoms with Crippen LogP contribution in [0.5, 0.6) is 5.75 Å². The molecule has 0 saturated carbocycles. The molecule has 4 nitrogen and oxygen atoms in total. The number of halogens is 1. The molecule has 0 bridgehead atoms. The van der Waals surface area contributed by atoms with Gasteiger partial charge in [-0.15, -0.1) is 0 Å². The molecule has 0 saturated heterocycles. The van der Waals surface area contributed by atoms with Crippen molar-refractivity contribution in [3.05, 3.63) is 70.4 Å². The van der Waals surface area contributed by atoms with Gasteiger partial charge in [0.05, 0.1) is 6.61 Å². The van der Waals surface area contributed by atoms with Gasteiger partial charge in [0.2, 0.25) is 5.90 Å². The van der Waals surface area contributed by atoms with Gasteiger partial charge in [0.1, 0.15) is 5.75 Å². The molecule has 2 aromatic carbocycles. The summed E-state index contributed by atoms with van der Waals surface area (Å²) >= 11 is 5.86. The van der Waals surface area contributed by atoms with Crippen molar-refractivity contribution in [3.8, 4) is 5.75 Å². The number of aliphatic imine (C=N–C) groups is 1. The number of carbonyl (C=O) groups is 1. The van der Waals surface area contributed by atoms with Gasteiger partial charge in [-0.1, -0.05) is 30.7 Å². The van der Waals surface area contributed by atoms with Gasteiger partial charge >= 0.3 is 5.97 Å². The van der Waals surface area contributed by atoms with Crippen molar-refractivity contribution in [3.63, 3.8) is 0 Å². The van der Waals surface area contributed by atoms with Gasteiger partial charge in [-0.25, -0.2) is 9.79 Å². The van der Waals surface area contributed by atoms with E-state index in [0.29, 0.717) is 17.2 Å². The van der Waals surface area contributed by atoms with Gasteiger partial charge in [0.25, 0.3) is 0 Å². The van der Waals surface area contributed by atoms with Gasteiger partial charge in [-0.3, -0.25) is 0 Å². The van der Waals surface area contributed by atoms with Crippen LogP contribution in [0.3, 0.4) is 0 Å². The first kappa shape index (κ1) is 16.3. The molecule has 0 fully saturated rings. The minimum Gasteiger partial charge on any atom is -0.494 e. The predicted octanol–water partition coefficient (Wildman–Crippen LogP) is 4.47. The molecule has 0 amide bonds. The summed E-state index contributed by atoms with van der Waals surface area (Å²) in [6.07, 6.45) is 2.65. The first-order valence-electron chi connectivity index (χ1n) is 7.67. The zero-order valence-electron chi connectivity index (χ0n) is 13.2. The molecule has 0 unspecified atom stereocenters. The molecule has 0 aromatic heterocycles. The number of hydrogen-bond donors (Lipinski definition) is 0. The van der Waals surface area contributed by atoms with Crippen molar-refractivity contribution in [2.75, 3.05) is 6.61 Å². The maximum Gasteiger partial charge on any atom is 0.363 e. The Balaban J connectivity index is 1.79. The maximum absolute atomic E-state index is 12.0. The van der Waals surface area contributed by atoms with Crippen molar-refractivity contribution in [1.82, 2.24) is 0 Å². The van der Waals surface area contributed by atoms with Crippen molar-refractivity contribution >= 4 is 29.5 Å². The minimum absolute atomic E-state index is 0.266. The van der Waals surface area contributed by atoms with Gasteiger partial charge in [-0.05, 0) is 54.5 Å². The van der Waals surface area contributed by atoms with Crippen molar-refractivity contribution < 1.29 is 14.3 Å². The molecule has 2 aromatic rings. The molecular weight excluding hydrogens is 326 g/mol. The molecule has 3 rings (SSSR count). The highest BCUT2D eigenvalue weighted by atomic mass is 35.5. The Bertz CT molecular complexity index is 792. The molecule has 0 atom stereocenters. The van der Waals surface area contributed by atoms with E-state index < -0.39 is 5.97 Å². The lowest BCUT2D eigenvalue weighted by atomic mass is 10.2. The number of hydrogen-bond acceptors (Lipinski definition) is 4. The van der Waals surface area contributed by atoms with Crippen LogP contribution in [0.4, 0.5) is 0 Å². The third-order valence-corrected chi connectivity index (χ3v) is 3.62. The highest BCUT2D eigenvalue weighted by Gasteiger charge is 2.23. The van der Waals surface area contributed by atoms with Gasteiger partial charge in [0.15, 0.2) is 5.70 Å². The average Bonchev–Trinajstić information content (AvgIpc) is 2.95. The second-order valence-corrected chi connectivity index (χ2v) is 5.70. The molecular formula is C19H16ClNO3. The van der Waals surface area contributed by atoms with Crippen LogP contribution in [0.2, 0.25) is 5.02 Å². The largest absolute Gasteiger partial charge is 0.494 e. The van der Waals surface area contributed by atoms with E-state index in [4.69, 9.17) is 21.1 Å². The topological polar surface area (TPSA) is 47.9 Å². The third kappa shape index (κ3) is 3.84. The summed E-state index contributed by atoms with van der Waals surface area (Å²) in [7, 11) is 0. The normalized spacial score (nSPS) is 15.3. The van der Waals surface area contributed by atoms with E-state index in [-0.39, 0.29) is 11.6 Å². The molecule has 24 heavy (non-hydrogen) atoms. The van der Waals surface area contributed by atoms with Crippen molar-refractivity contribution in [1.29, 1.82) is 0 Å². The number of esters is 1. The molecule has 5 heteroatoms. The van der Waals surface area contributed by atoms with E-state index in [2.05, 4.69) is 11.9 Å². The Kier molecular flexibility index (Phi) is 4.96. The maximum atomic E-state index is 12.0. The number of ether oxygens (including phenoxy) is 2. The van der Waals surface area contributed by atoms with Crippen LogP contribution in [0.1, 0.15) is 24.5 Å². The zero-order chi connectivity index (χ0) is 16.9. The Morgan fingerprint density at radius 1 is 1.12 bits per heavy atom. The van der Waals surface area contributed by atoms with Crippen LogP contribution in [0.15, 0.2) is 59.2 Å². The summed E-state index contributed by atoms with van der Waals surface area (Å²) in [6, 6.07) is 14.5. The summed E-state index contributed by atoms with van der Waals surface area (Å²) in [5.74, 6) is 0.621. The van der Waals surface area contributed by atoms with Gasteiger partial charge in [0, 0.05) is 10.6 Å². The van der Waals surface area contributed by atoms with E-state index in [0.717, 1.165) is 17.7 Å². The SMILES string of the molecule is CCCOc1ccc(/C=C2/N=C(c3ccc(Cl)cc3)OC2=O)cc1. The minimum atomic E-state index is -0.466.